The molecule has 4 nitrogen and oxygen atoms in total. The van der Waals surface area contributed by atoms with E-state index in [-0.39, 0.29) is 0 Å². The molecule has 0 aliphatic carbocycles. The zero-order valence-electron chi connectivity index (χ0n) is 10.7. The molecule has 0 aliphatic heterocycles. The van der Waals surface area contributed by atoms with Gasteiger partial charge < -0.3 is 10.5 Å². The molecule has 0 bridgehead atoms. The number of hydrogen-bond donors (Lipinski definition) is 1. The number of rotatable bonds is 4. The van der Waals surface area contributed by atoms with E-state index in [9.17, 15) is 0 Å². The highest BCUT2D eigenvalue weighted by Gasteiger charge is 2.20. The minimum atomic E-state index is -0.520. The molecule has 0 saturated carbocycles. The van der Waals surface area contributed by atoms with Gasteiger partial charge in [-0.3, -0.25) is 0 Å². The number of methoxy groups -OCH3 is 1. The Hall–Kier alpha value is -1.00. The first-order chi connectivity index (χ1) is 7.34. The van der Waals surface area contributed by atoms with Gasteiger partial charge in [-0.1, -0.05) is 13.8 Å². The SMILES string of the molecule is COCc1cc(C(C)C)nc(C(C)(C)N)n1. The van der Waals surface area contributed by atoms with Crippen molar-refractivity contribution in [3.63, 3.8) is 0 Å². The zero-order chi connectivity index (χ0) is 12.3. The van der Waals surface area contributed by atoms with E-state index in [4.69, 9.17) is 10.5 Å². The van der Waals surface area contributed by atoms with Crippen molar-refractivity contribution >= 4 is 0 Å². The maximum atomic E-state index is 6.03. The first kappa shape index (κ1) is 13.1. The summed E-state index contributed by atoms with van der Waals surface area (Å²) in [6, 6.07) is 1.98. The molecule has 1 rings (SSSR count). The van der Waals surface area contributed by atoms with Crippen LogP contribution in [0.25, 0.3) is 0 Å². The lowest BCUT2D eigenvalue weighted by atomic mass is 10.0. The van der Waals surface area contributed by atoms with Crippen LogP contribution in [0.4, 0.5) is 0 Å². The van der Waals surface area contributed by atoms with E-state index in [2.05, 4.69) is 23.8 Å². The Morgan fingerprint density at radius 1 is 1.38 bits per heavy atom. The number of ether oxygens (including phenoxy) is 1. The summed E-state index contributed by atoms with van der Waals surface area (Å²) in [5.41, 5.74) is 7.40. The molecule has 4 heteroatoms. The molecule has 0 atom stereocenters. The van der Waals surface area contributed by atoms with Gasteiger partial charge in [0.2, 0.25) is 0 Å². The first-order valence-corrected chi connectivity index (χ1v) is 5.50. The van der Waals surface area contributed by atoms with E-state index in [0.717, 1.165) is 11.4 Å². The molecule has 90 valence electrons. The van der Waals surface area contributed by atoms with Crippen LogP contribution >= 0.6 is 0 Å². The second kappa shape index (κ2) is 4.89. The highest BCUT2D eigenvalue weighted by molar-refractivity contribution is 5.16. The lowest BCUT2D eigenvalue weighted by Gasteiger charge is -2.19. The normalized spacial score (nSPS) is 12.2. The fourth-order valence-corrected chi connectivity index (χ4v) is 1.32. The van der Waals surface area contributed by atoms with Crippen LogP contribution in [-0.4, -0.2) is 17.1 Å². The zero-order valence-corrected chi connectivity index (χ0v) is 10.7. The molecule has 1 aromatic rings. The van der Waals surface area contributed by atoms with E-state index in [1.54, 1.807) is 7.11 Å². The predicted molar refractivity (Wildman–Crippen MR) is 64.0 cm³/mol. The van der Waals surface area contributed by atoms with Gasteiger partial charge in [-0.15, -0.1) is 0 Å². The average Bonchev–Trinajstić information content (AvgIpc) is 2.16. The van der Waals surface area contributed by atoms with Crippen molar-refractivity contribution in [3.05, 3.63) is 23.3 Å². The summed E-state index contributed by atoms with van der Waals surface area (Å²) in [7, 11) is 1.66. The van der Waals surface area contributed by atoms with Crippen molar-refractivity contribution < 1.29 is 4.74 Å². The number of nitrogens with zero attached hydrogens (tertiary/aromatic N) is 2. The topological polar surface area (TPSA) is 61.0 Å². The summed E-state index contributed by atoms with van der Waals surface area (Å²) in [6.45, 7) is 8.51. The van der Waals surface area contributed by atoms with E-state index in [1.807, 2.05) is 19.9 Å². The van der Waals surface area contributed by atoms with Gasteiger partial charge in [0.25, 0.3) is 0 Å². The molecular weight excluding hydrogens is 202 g/mol. The standard InChI is InChI=1S/C12H21N3O/c1-8(2)10-6-9(7-16-5)14-11(15-10)12(3,4)13/h6,8H,7,13H2,1-5H3. The summed E-state index contributed by atoms with van der Waals surface area (Å²) in [4.78, 5) is 8.91. The van der Waals surface area contributed by atoms with Crippen molar-refractivity contribution in [2.45, 2.75) is 45.8 Å². The lowest BCUT2D eigenvalue weighted by molar-refractivity contribution is 0.180. The van der Waals surface area contributed by atoms with E-state index in [1.165, 1.54) is 0 Å². The second-order valence-electron chi connectivity index (χ2n) is 4.92. The Bertz CT molecular complexity index is 356. The molecule has 16 heavy (non-hydrogen) atoms. The lowest BCUT2D eigenvalue weighted by Crippen LogP contribution is -2.32. The minimum Gasteiger partial charge on any atom is -0.378 e. The van der Waals surface area contributed by atoms with Gasteiger partial charge in [0, 0.05) is 12.8 Å². The molecule has 0 amide bonds. The molecule has 0 aliphatic rings. The van der Waals surface area contributed by atoms with E-state index < -0.39 is 5.54 Å². The highest BCUT2D eigenvalue weighted by atomic mass is 16.5. The van der Waals surface area contributed by atoms with Crippen molar-refractivity contribution in [1.82, 2.24) is 9.97 Å². The maximum Gasteiger partial charge on any atom is 0.148 e. The van der Waals surface area contributed by atoms with Crippen LogP contribution in [0, 0.1) is 0 Å². The molecule has 0 spiro atoms. The quantitative estimate of drug-likeness (QED) is 0.847. The summed E-state index contributed by atoms with van der Waals surface area (Å²) in [5.74, 6) is 1.03. The fourth-order valence-electron chi connectivity index (χ4n) is 1.32. The van der Waals surface area contributed by atoms with Gasteiger partial charge in [-0.25, -0.2) is 9.97 Å². The summed E-state index contributed by atoms with van der Waals surface area (Å²) in [6.07, 6.45) is 0. The molecular formula is C12H21N3O. The molecule has 0 fully saturated rings. The van der Waals surface area contributed by atoms with Crippen LogP contribution in [0.2, 0.25) is 0 Å². The molecule has 0 unspecified atom stereocenters. The average molecular weight is 223 g/mol. The van der Waals surface area contributed by atoms with Crippen LogP contribution < -0.4 is 5.73 Å². The van der Waals surface area contributed by atoms with Gasteiger partial charge in [-0.05, 0) is 25.8 Å². The number of nitrogens with two attached hydrogens (primary N) is 1. The van der Waals surface area contributed by atoms with Crippen molar-refractivity contribution in [2.24, 2.45) is 5.73 Å². The molecule has 1 heterocycles. The Kier molecular flexibility index (Phi) is 3.99. The van der Waals surface area contributed by atoms with Gasteiger partial charge in [0.05, 0.1) is 17.8 Å². The number of aromatic nitrogens is 2. The van der Waals surface area contributed by atoms with Gasteiger partial charge in [-0.2, -0.15) is 0 Å². The van der Waals surface area contributed by atoms with Gasteiger partial charge >= 0.3 is 0 Å². The molecule has 1 aromatic heterocycles. The summed E-state index contributed by atoms with van der Waals surface area (Å²) >= 11 is 0. The third kappa shape index (κ3) is 3.25. The third-order valence-corrected chi connectivity index (χ3v) is 2.26. The van der Waals surface area contributed by atoms with Crippen molar-refractivity contribution in [3.8, 4) is 0 Å². The Balaban J connectivity index is 3.19. The first-order valence-electron chi connectivity index (χ1n) is 5.50. The van der Waals surface area contributed by atoms with Crippen molar-refractivity contribution in [1.29, 1.82) is 0 Å². The molecule has 0 aromatic carbocycles. The van der Waals surface area contributed by atoms with Crippen LogP contribution in [0.1, 0.15) is 50.8 Å². The van der Waals surface area contributed by atoms with E-state index in [0.29, 0.717) is 18.3 Å². The van der Waals surface area contributed by atoms with E-state index >= 15 is 0 Å². The van der Waals surface area contributed by atoms with Gasteiger partial charge in [0.1, 0.15) is 5.82 Å². The highest BCUT2D eigenvalue weighted by Crippen LogP contribution is 2.18. The molecule has 2 N–H and O–H groups in total. The van der Waals surface area contributed by atoms with Gasteiger partial charge in [0.15, 0.2) is 0 Å². The number of hydrogen-bond acceptors (Lipinski definition) is 4. The second-order valence-corrected chi connectivity index (χ2v) is 4.92. The fraction of sp³-hybridized carbons (Fsp3) is 0.667. The van der Waals surface area contributed by atoms with Crippen LogP contribution in [0.3, 0.4) is 0 Å². The Labute approximate surface area is 97.2 Å². The third-order valence-electron chi connectivity index (χ3n) is 2.26. The largest absolute Gasteiger partial charge is 0.378 e. The van der Waals surface area contributed by atoms with Crippen molar-refractivity contribution in [2.75, 3.05) is 7.11 Å². The summed E-state index contributed by atoms with van der Waals surface area (Å²) < 4.78 is 5.10. The predicted octanol–water partition coefficient (Wildman–Crippen LogP) is 1.94. The summed E-state index contributed by atoms with van der Waals surface area (Å²) in [5, 5.41) is 0. The maximum absolute atomic E-state index is 6.03. The monoisotopic (exact) mass is 223 g/mol. The van der Waals surface area contributed by atoms with Crippen LogP contribution in [-0.2, 0) is 16.9 Å². The van der Waals surface area contributed by atoms with Crippen LogP contribution in [0.15, 0.2) is 6.07 Å². The smallest absolute Gasteiger partial charge is 0.148 e. The van der Waals surface area contributed by atoms with Crippen LogP contribution in [0.5, 0.6) is 0 Å². The molecule has 0 radical (unpaired) electrons. The Morgan fingerprint density at radius 2 is 2.00 bits per heavy atom. The minimum absolute atomic E-state index is 0.361. The molecule has 0 saturated heterocycles. The Morgan fingerprint density at radius 3 is 2.44 bits per heavy atom.